The van der Waals surface area contributed by atoms with Crippen LogP contribution in [0.3, 0.4) is 0 Å². The predicted molar refractivity (Wildman–Crippen MR) is 62.8 cm³/mol. The second-order valence-electron chi connectivity index (χ2n) is 3.61. The molecule has 0 aliphatic heterocycles. The van der Waals surface area contributed by atoms with Gasteiger partial charge in [0, 0.05) is 18.0 Å². The van der Waals surface area contributed by atoms with Crippen molar-refractivity contribution in [3.8, 4) is 11.5 Å². The van der Waals surface area contributed by atoms with E-state index >= 15 is 0 Å². The molecule has 2 N–H and O–H groups in total. The van der Waals surface area contributed by atoms with Crippen LogP contribution in [-0.4, -0.2) is 21.8 Å². The molecule has 88 valence electrons. The summed E-state index contributed by atoms with van der Waals surface area (Å²) in [6, 6.07) is 9.91. The Labute approximate surface area is 99.1 Å². The molecule has 0 spiro atoms. The average molecular weight is 231 g/mol. The number of nitrogens with zero attached hydrogens (tertiary/aromatic N) is 1. The highest BCUT2D eigenvalue weighted by Crippen LogP contribution is 2.18. The van der Waals surface area contributed by atoms with Crippen molar-refractivity contribution in [1.82, 2.24) is 4.98 Å². The SMILES string of the molecule is Oc1ccc(OCC(O)c2cccnc2)cc1. The molecule has 1 atom stereocenters. The largest absolute Gasteiger partial charge is 0.508 e. The molecule has 4 heteroatoms. The summed E-state index contributed by atoms with van der Waals surface area (Å²) < 4.78 is 5.39. The summed E-state index contributed by atoms with van der Waals surface area (Å²) in [7, 11) is 0. The highest BCUT2D eigenvalue weighted by Gasteiger charge is 2.08. The molecule has 0 radical (unpaired) electrons. The van der Waals surface area contributed by atoms with Crippen molar-refractivity contribution in [2.45, 2.75) is 6.10 Å². The molecule has 0 saturated carbocycles. The van der Waals surface area contributed by atoms with Gasteiger partial charge in [0.15, 0.2) is 0 Å². The first-order valence-corrected chi connectivity index (χ1v) is 5.25. The van der Waals surface area contributed by atoms with E-state index in [9.17, 15) is 5.11 Å². The third kappa shape index (κ3) is 3.19. The number of ether oxygens (including phenoxy) is 1. The Kier molecular flexibility index (Phi) is 3.57. The maximum absolute atomic E-state index is 9.82. The number of aliphatic hydroxyl groups is 1. The van der Waals surface area contributed by atoms with Crippen LogP contribution in [-0.2, 0) is 0 Å². The first kappa shape index (κ1) is 11.4. The van der Waals surface area contributed by atoms with Gasteiger partial charge in [0.2, 0.25) is 0 Å². The summed E-state index contributed by atoms with van der Waals surface area (Å²) in [6.07, 6.45) is 2.54. The quantitative estimate of drug-likeness (QED) is 0.843. The summed E-state index contributed by atoms with van der Waals surface area (Å²) in [4.78, 5) is 3.92. The lowest BCUT2D eigenvalue weighted by Gasteiger charge is -2.12. The Hall–Kier alpha value is -2.07. The molecule has 1 heterocycles. The van der Waals surface area contributed by atoms with Crippen molar-refractivity contribution >= 4 is 0 Å². The standard InChI is InChI=1S/C13H13NO3/c15-11-3-5-12(6-4-11)17-9-13(16)10-2-1-7-14-8-10/h1-8,13,15-16H,9H2. The smallest absolute Gasteiger partial charge is 0.119 e. The maximum Gasteiger partial charge on any atom is 0.119 e. The summed E-state index contributed by atoms with van der Waals surface area (Å²) in [5.74, 6) is 0.788. The molecular weight excluding hydrogens is 218 g/mol. The minimum absolute atomic E-state index is 0.149. The zero-order valence-electron chi connectivity index (χ0n) is 9.15. The highest BCUT2D eigenvalue weighted by molar-refractivity contribution is 5.30. The van der Waals surface area contributed by atoms with Gasteiger partial charge in [-0.2, -0.15) is 0 Å². The fourth-order valence-electron chi connectivity index (χ4n) is 1.39. The first-order chi connectivity index (χ1) is 8.25. The van der Waals surface area contributed by atoms with Crippen molar-refractivity contribution in [1.29, 1.82) is 0 Å². The Morgan fingerprint density at radius 2 is 1.94 bits per heavy atom. The van der Waals surface area contributed by atoms with E-state index in [4.69, 9.17) is 9.84 Å². The summed E-state index contributed by atoms with van der Waals surface area (Å²) in [5.41, 5.74) is 0.714. The zero-order valence-corrected chi connectivity index (χ0v) is 9.15. The van der Waals surface area contributed by atoms with E-state index in [0.29, 0.717) is 11.3 Å². The molecule has 17 heavy (non-hydrogen) atoms. The predicted octanol–water partition coefficient (Wildman–Crippen LogP) is 1.90. The normalized spacial score (nSPS) is 12.1. The zero-order chi connectivity index (χ0) is 12.1. The minimum atomic E-state index is -0.711. The van der Waals surface area contributed by atoms with Crippen LogP contribution in [0, 0.1) is 0 Å². The van der Waals surface area contributed by atoms with Crippen molar-refractivity contribution in [3.05, 3.63) is 54.4 Å². The average Bonchev–Trinajstić information content (AvgIpc) is 2.39. The molecule has 1 aromatic heterocycles. The van der Waals surface area contributed by atoms with Gasteiger partial charge >= 0.3 is 0 Å². The molecule has 4 nitrogen and oxygen atoms in total. The Bertz CT molecular complexity index is 456. The number of phenolic OH excluding ortho intramolecular Hbond substituents is 1. The van der Waals surface area contributed by atoms with Gasteiger partial charge in [-0.15, -0.1) is 0 Å². The van der Waals surface area contributed by atoms with Gasteiger partial charge in [0.1, 0.15) is 24.2 Å². The maximum atomic E-state index is 9.82. The van der Waals surface area contributed by atoms with Crippen LogP contribution >= 0.6 is 0 Å². The molecule has 0 amide bonds. The van der Waals surface area contributed by atoms with Gasteiger partial charge in [-0.05, 0) is 30.3 Å². The number of aromatic nitrogens is 1. The molecule has 2 rings (SSSR count). The lowest BCUT2D eigenvalue weighted by Crippen LogP contribution is -2.09. The molecule has 0 saturated heterocycles. The van der Waals surface area contributed by atoms with Crippen molar-refractivity contribution in [2.24, 2.45) is 0 Å². The molecule has 1 unspecified atom stereocenters. The minimum Gasteiger partial charge on any atom is -0.508 e. The fraction of sp³-hybridized carbons (Fsp3) is 0.154. The number of hydrogen-bond donors (Lipinski definition) is 2. The molecule has 0 aliphatic rings. The van der Waals surface area contributed by atoms with Crippen LogP contribution in [0.4, 0.5) is 0 Å². The van der Waals surface area contributed by atoms with Crippen LogP contribution in [0.1, 0.15) is 11.7 Å². The fourth-order valence-corrected chi connectivity index (χ4v) is 1.39. The van der Waals surface area contributed by atoms with Crippen molar-refractivity contribution < 1.29 is 14.9 Å². The summed E-state index contributed by atoms with van der Waals surface area (Å²) >= 11 is 0. The second-order valence-corrected chi connectivity index (χ2v) is 3.61. The van der Waals surface area contributed by atoms with E-state index in [1.807, 2.05) is 0 Å². The number of phenols is 1. The highest BCUT2D eigenvalue weighted by atomic mass is 16.5. The van der Waals surface area contributed by atoms with Gasteiger partial charge < -0.3 is 14.9 Å². The van der Waals surface area contributed by atoms with Crippen molar-refractivity contribution in [3.63, 3.8) is 0 Å². The number of rotatable bonds is 4. The van der Waals surface area contributed by atoms with Crippen molar-refractivity contribution in [2.75, 3.05) is 6.61 Å². The van der Waals surface area contributed by atoms with Gasteiger partial charge in [0.25, 0.3) is 0 Å². The van der Waals surface area contributed by atoms with E-state index in [1.54, 1.807) is 36.7 Å². The third-order valence-electron chi connectivity index (χ3n) is 2.31. The van der Waals surface area contributed by atoms with Gasteiger partial charge in [-0.25, -0.2) is 0 Å². The second kappa shape index (κ2) is 5.32. The summed E-state index contributed by atoms with van der Waals surface area (Å²) in [5, 5.41) is 18.9. The number of benzene rings is 1. The number of aliphatic hydroxyl groups excluding tert-OH is 1. The van der Waals surface area contributed by atoms with Crippen LogP contribution < -0.4 is 4.74 Å². The Morgan fingerprint density at radius 3 is 2.59 bits per heavy atom. The summed E-state index contributed by atoms with van der Waals surface area (Å²) in [6.45, 7) is 0.149. The van der Waals surface area contributed by atoms with Gasteiger partial charge in [-0.3, -0.25) is 4.98 Å². The number of aromatic hydroxyl groups is 1. The monoisotopic (exact) mass is 231 g/mol. The first-order valence-electron chi connectivity index (χ1n) is 5.25. The molecule has 2 aromatic rings. The third-order valence-corrected chi connectivity index (χ3v) is 2.31. The molecule has 1 aromatic carbocycles. The number of pyridine rings is 1. The Balaban J connectivity index is 1.92. The van der Waals surface area contributed by atoms with E-state index < -0.39 is 6.10 Å². The lowest BCUT2D eigenvalue weighted by atomic mass is 10.2. The van der Waals surface area contributed by atoms with E-state index in [0.717, 1.165) is 0 Å². The van der Waals surface area contributed by atoms with Crippen LogP contribution in [0.15, 0.2) is 48.8 Å². The van der Waals surface area contributed by atoms with E-state index in [2.05, 4.69) is 4.98 Å². The molecular formula is C13H13NO3. The molecule has 0 fully saturated rings. The number of hydrogen-bond acceptors (Lipinski definition) is 4. The lowest BCUT2D eigenvalue weighted by molar-refractivity contribution is 0.108. The van der Waals surface area contributed by atoms with E-state index in [1.165, 1.54) is 12.1 Å². The van der Waals surface area contributed by atoms with Crippen LogP contribution in [0.2, 0.25) is 0 Å². The van der Waals surface area contributed by atoms with Crippen LogP contribution in [0.25, 0.3) is 0 Å². The van der Waals surface area contributed by atoms with Crippen LogP contribution in [0.5, 0.6) is 11.5 Å². The Morgan fingerprint density at radius 1 is 1.18 bits per heavy atom. The van der Waals surface area contributed by atoms with Gasteiger partial charge in [0.05, 0.1) is 0 Å². The molecule has 0 aliphatic carbocycles. The topological polar surface area (TPSA) is 62.6 Å². The van der Waals surface area contributed by atoms with Gasteiger partial charge in [-0.1, -0.05) is 6.07 Å². The van der Waals surface area contributed by atoms with E-state index in [-0.39, 0.29) is 12.4 Å². The molecule has 0 bridgehead atoms.